The van der Waals surface area contributed by atoms with E-state index < -0.39 is 41.7 Å². The number of alkyl halides is 2. The number of fused-ring (bicyclic) bond motifs is 7. The van der Waals surface area contributed by atoms with E-state index in [1.807, 2.05) is 0 Å². The van der Waals surface area contributed by atoms with Gasteiger partial charge in [-0.25, -0.2) is 27.2 Å². The van der Waals surface area contributed by atoms with Gasteiger partial charge in [-0.15, -0.1) is 0 Å². The van der Waals surface area contributed by atoms with Gasteiger partial charge in [-0.3, -0.25) is 9.88 Å². The van der Waals surface area contributed by atoms with Gasteiger partial charge in [-0.2, -0.15) is 9.97 Å². The first-order chi connectivity index (χ1) is 27.0. The summed E-state index contributed by atoms with van der Waals surface area (Å²) in [4.78, 5) is 45.5. The first kappa shape index (κ1) is 36.6. The highest BCUT2D eigenvalue weighted by molar-refractivity contribution is 6.02. The summed E-state index contributed by atoms with van der Waals surface area (Å²) in [5.74, 6) is -1.24. The van der Waals surface area contributed by atoms with Crippen LogP contribution < -0.4 is 19.7 Å². The molecular formula is C40H43F4N7O5. The minimum atomic E-state index is -1.39. The number of hydrogen-bond donors (Lipinski definition) is 1. The van der Waals surface area contributed by atoms with Crippen molar-refractivity contribution in [1.82, 2.24) is 30.1 Å². The predicted molar refractivity (Wildman–Crippen MR) is 199 cm³/mol. The van der Waals surface area contributed by atoms with Gasteiger partial charge < -0.3 is 29.3 Å². The fourth-order valence-electron chi connectivity index (χ4n) is 9.49. The largest absolute Gasteiger partial charge is 0.461 e. The average molecular weight is 778 g/mol. The standard InChI is InChI=1S/C40H43F4N7O5/c1-39-17-25(42)20-50(21-39)35-29-18-45-33(32(44)34(29)46-36(47-35)55-22-40-9-3-11-51(40)12-4-10-40)28-16-26(56-38(53)49-13-8-24(41)19-49)15-23-6-7-30(43)27(31(23)28)5-2-14-54-37(52)48-39/h6-7,15-16,18,24-25H,2-5,8-14,17,19-22H2,1H3,(H,48,52). The number of likely N-dealkylation sites (tertiary alicyclic amines) is 1. The minimum Gasteiger partial charge on any atom is -0.461 e. The van der Waals surface area contributed by atoms with E-state index in [0.29, 0.717) is 10.8 Å². The van der Waals surface area contributed by atoms with Gasteiger partial charge in [0.05, 0.1) is 36.2 Å². The quantitative estimate of drug-likeness (QED) is 0.226. The van der Waals surface area contributed by atoms with Crippen LogP contribution in [0, 0.1) is 11.6 Å². The van der Waals surface area contributed by atoms with Crippen molar-refractivity contribution in [2.24, 2.45) is 0 Å². The number of aromatic nitrogens is 3. The number of benzene rings is 2. The molecule has 4 aromatic rings. The molecule has 0 saturated carbocycles. The zero-order valence-corrected chi connectivity index (χ0v) is 31.1. The molecule has 0 radical (unpaired) electrons. The maximum atomic E-state index is 17.5. The van der Waals surface area contributed by atoms with E-state index in [9.17, 15) is 14.0 Å². The molecule has 2 amide bonds. The topological polar surface area (TPSA) is 122 Å². The first-order valence-corrected chi connectivity index (χ1v) is 19.4. The lowest BCUT2D eigenvalue weighted by atomic mass is 9.90. The monoisotopic (exact) mass is 777 g/mol. The Morgan fingerprint density at radius 3 is 2.66 bits per heavy atom. The second-order valence-corrected chi connectivity index (χ2v) is 16.1. The molecule has 3 atom stereocenters. The average Bonchev–Trinajstić information content (AvgIpc) is 3.88. The second kappa shape index (κ2) is 14.2. The van der Waals surface area contributed by atoms with Crippen LogP contribution in [0.1, 0.15) is 57.4 Å². The highest BCUT2D eigenvalue weighted by Crippen LogP contribution is 2.42. The van der Waals surface area contributed by atoms with E-state index >= 15 is 13.2 Å². The number of ether oxygens (including phenoxy) is 3. The van der Waals surface area contributed by atoms with Crippen molar-refractivity contribution < 1.29 is 41.4 Å². The van der Waals surface area contributed by atoms with Crippen LogP contribution in [0.2, 0.25) is 0 Å². The zero-order valence-electron chi connectivity index (χ0n) is 31.1. The van der Waals surface area contributed by atoms with Crippen LogP contribution in [0.4, 0.5) is 33.0 Å². The Balaban J connectivity index is 1.22. The van der Waals surface area contributed by atoms with Gasteiger partial charge in [-0.1, -0.05) is 6.07 Å². The molecule has 296 valence electrons. The van der Waals surface area contributed by atoms with Crippen LogP contribution in [-0.4, -0.2) is 113 Å². The summed E-state index contributed by atoms with van der Waals surface area (Å²) in [6.07, 6.45) is 1.78. The molecule has 12 nitrogen and oxygen atoms in total. The highest BCUT2D eigenvalue weighted by Gasteiger charge is 2.45. The number of nitrogens with zero attached hydrogens (tertiary/aromatic N) is 6. The molecule has 4 saturated heterocycles. The summed E-state index contributed by atoms with van der Waals surface area (Å²) in [6.45, 7) is 3.94. The molecule has 1 N–H and O–H groups in total. The fraction of sp³-hybridized carbons (Fsp3) is 0.525. The number of carbonyl (C=O) groups excluding carboxylic acids is 2. The third kappa shape index (κ3) is 6.68. The summed E-state index contributed by atoms with van der Waals surface area (Å²) >= 11 is 0. The van der Waals surface area contributed by atoms with Crippen molar-refractivity contribution in [3.63, 3.8) is 0 Å². The van der Waals surface area contributed by atoms with E-state index in [-0.39, 0.29) is 116 Å². The molecule has 0 spiro atoms. The Labute approximate surface area is 320 Å². The number of alkyl carbamates (subject to hydrolysis) is 1. The van der Waals surface area contributed by atoms with Gasteiger partial charge in [-0.05, 0) is 99.5 Å². The summed E-state index contributed by atoms with van der Waals surface area (Å²) in [7, 11) is 0. The Morgan fingerprint density at radius 2 is 1.88 bits per heavy atom. The molecule has 3 unspecified atom stereocenters. The summed E-state index contributed by atoms with van der Waals surface area (Å²) < 4.78 is 80.5. The van der Waals surface area contributed by atoms with Crippen LogP contribution >= 0.6 is 0 Å². The van der Waals surface area contributed by atoms with Gasteiger partial charge in [0.1, 0.15) is 47.5 Å². The first-order valence-electron chi connectivity index (χ1n) is 19.4. The third-order valence-electron chi connectivity index (χ3n) is 12.1. The lowest BCUT2D eigenvalue weighted by Gasteiger charge is -2.42. The number of piperidine rings is 1. The number of anilines is 1. The molecule has 6 aliphatic rings. The van der Waals surface area contributed by atoms with Crippen LogP contribution in [0.15, 0.2) is 30.5 Å². The van der Waals surface area contributed by atoms with E-state index in [0.717, 1.165) is 38.8 Å². The molecule has 4 fully saturated rings. The summed E-state index contributed by atoms with van der Waals surface area (Å²) in [6, 6.07) is 5.62. The smallest absolute Gasteiger partial charge is 0.415 e. The van der Waals surface area contributed by atoms with Crippen molar-refractivity contribution >= 4 is 39.7 Å². The number of halogens is 4. The Morgan fingerprint density at radius 1 is 1.05 bits per heavy atom. The van der Waals surface area contributed by atoms with Crippen molar-refractivity contribution in [2.45, 2.75) is 81.7 Å². The molecule has 6 bridgehead atoms. The zero-order chi connectivity index (χ0) is 38.8. The number of amides is 2. The molecule has 0 aliphatic carbocycles. The minimum absolute atomic E-state index is 0.00162. The lowest BCUT2D eigenvalue weighted by Crippen LogP contribution is -2.60. The maximum Gasteiger partial charge on any atom is 0.415 e. The Hall–Kier alpha value is -4.99. The third-order valence-corrected chi connectivity index (χ3v) is 12.1. The molecule has 8 heterocycles. The van der Waals surface area contributed by atoms with Gasteiger partial charge in [0.15, 0.2) is 5.82 Å². The van der Waals surface area contributed by atoms with E-state index in [1.54, 1.807) is 11.8 Å². The number of aryl methyl sites for hydroxylation is 1. The molecule has 6 aliphatic heterocycles. The van der Waals surface area contributed by atoms with Crippen LogP contribution in [0.25, 0.3) is 32.9 Å². The van der Waals surface area contributed by atoms with E-state index in [1.165, 1.54) is 35.4 Å². The highest BCUT2D eigenvalue weighted by atomic mass is 19.1. The van der Waals surface area contributed by atoms with Crippen molar-refractivity contribution in [3.8, 4) is 23.0 Å². The van der Waals surface area contributed by atoms with Gasteiger partial charge >= 0.3 is 18.2 Å². The Kier molecular flexibility index (Phi) is 9.28. The van der Waals surface area contributed by atoms with Gasteiger partial charge in [0.2, 0.25) is 0 Å². The molecule has 2 aromatic heterocycles. The molecule has 2 aromatic carbocycles. The number of carbonyl (C=O) groups is 2. The molecule has 10 rings (SSSR count). The number of nitrogens with one attached hydrogen (secondary N) is 1. The summed E-state index contributed by atoms with van der Waals surface area (Å²) in [5.41, 5.74) is -1.29. The molecule has 16 heteroatoms. The predicted octanol–water partition coefficient (Wildman–Crippen LogP) is 6.65. The molecule has 56 heavy (non-hydrogen) atoms. The van der Waals surface area contributed by atoms with E-state index in [4.69, 9.17) is 19.2 Å². The number of pyridine rings is 1. The van der Waals surface area contributed by atoms with Gasteiger partial charge in [0.25, 0.3) is 0 Å². The normalized spacial score (nSPS) is 25.1. The van der Waals surface area contributed by atoms with Crippen molar-refractivity contribution in [2.75, 3.05) is 57.4 Å². The molecular weight excluding hydrogens is 734 g/mol. The summed E-state index contributed by atoms with van der Waals surface area (Å²) in [5, 5.41) is 3.74. The van der Waals surface area contributed by atoms with Crippen LogP contribution in [0.3, 0.4) is 0 Å². The second-order valence-electron chi connectivity index (χ2n) is 16.1. The number of rotatable bonds is 4. The number of hydrogen-bond acceptors (Lipinski definition) is 10. The maximum absolute atomic E-state index is 17.5. The SMILES string of the molecule is CC12CC(F)CN(C1)c1nc(OCC34CCCN3CCC4)nc3c(F)c(ncc13)-c1cc(OC(=O)N3CCC(F)C3)cc3ccc(F)c(c13)CCCOC(=O)N2. The van der Waals surface area contributed by atoms with Crippen molar-refractivity contribution in [3.05, 3.63) is 47.7 Å². The van der Waals surface area contributed by atoms with E-state index in [2.05, 4.69) is 20.2 Å². The van der Waals surface area contributed by atoms with Crippen LogP contribution in [-0.2, 0) is 11.2 Å². The van der Waals surface area contributed by atoms with Crippen molar-refractivity contribution in [1.29, 1.82) is 0 Å². The van der Waals surface area contributed by atoms with Gasteiger partial charge in [0, 0.05) is 31.3 Å². The lowest BCUT2D eigenvalue weighted by molar-refractivity contribution is 0.107. The fourth-order valence-corrected chi connectivity index (χ4v) is 9.49. The Bertz CT molecular complexity index is 2220. The van der Waals surface area contributed by atoms with Crippen LogP contribution in [0.5, 0.6) is 11.8 Å².